The summed E-state index contributed by atoms with van der Waals surface area (Å²) in [6.07, 6.45) is 1.56. The molecule has 1 aromatic heterocycles. The number of hydrogen-bond donors (Lipinski definition) is 1. The Morgan fingerprint density at radius 3 is 2.47 bits per heavy atom. The fourth-order valence-electron chi connectivity index (χ4n) is 1.64. The minimum atomic E-state index is 0.135. The summed E-state index contributed by atoms with van der Waals surface area (Å²) in [5, 5.41) is 2.88. The van der Waals surface area contributed by atoms with Crippen molar-refractivity contribution in [3.8, 4) is 0 Å². The second-order valence-corrected chi connectivity index (χ2v) is 3.82. The molecule has 15 heavy (non-hydrogen) atoms. The van der Waals surface area contributed by atoms with E-state index in [1.807, 2.05) is 6.92 Å². The predicted octanol–water partition coefficient (Wildman–Crippen LogP) is 2.02. The van der Waals surface area contributed by atoms with Crippen LogP contribution in [0.4, 0.5) is 0 Å². The van der Waals surface area contributed by atoms with Gasteiger partial charge in [-0.15, -0.1) is 0 Å². The van der Waals surface area contributed by atoms with Gasteiger partial charge in [-0.05, 0) is 32.4 Å². The van der Waals surface area contributed by atoms with Gasteiger partial charge in [-0.1, -0.05) is 6.92 Å². The zero-order valence-corrected chi connectivity index (χ0v) is 9.84. The molecule has 0 bridgehead atoms. The molecule has 0 aliphatic carbocycles. The van der Waals surface area contributed by atoms with Crippen LogP contribution in [0, 0.1) is 13.8 Å². The highest BCUT2D eigenvalue weighted by molar-refractivity contribution is 5.75. The summed E-state index contributed by atoms with van der Waals surface area (Å²) in [5.41, 5.74) is 2.57. The van der Waals surface area contributed by atoms with Crippen molar-refractivity contribution in [2.24, 2.45) is 0 Å². The Bertz CT molecular complexity index is 309. The molecule has 0 fully saturated rings. The lowest BCUT2D eigenvalue weighted by molar-refractivity contribution is -0.120. The van der Waals surface area contributed by atoms with Gasteiger partial charge < -0.3 is 9.88 Å². The Hall–Kier alpha value is -1.25. The fraction of sp³-hybridized carbons (Fsp3) is 0.583. The molecular formula is C12H20N2O. The van der Waals surface area contributed by atoms with Crippen LogP contribution in [0.15, 0.2) is 12.1 Å². The number of rotatable bonds is 5. The van der Waals surface area contributed by atoms with Crippen LogP contribution in [0.2, 0.25) is 0 Å². The van der Waals surface area contributed by atoms with Crippen molar-refractivity contribution in [3.63, 3.8) is 0 Å². The largest absolute Gasteiger partial charge is 0.356 e. The van der Waals surface area contributed by atoms with E-state index in [1.54, 1.807) is 0 Å². The van der Waals surface area contributed by atoms with Gasteiger partial charge in [0, 0.05) is 30.9 Å². The van der Waals surface area contributed by atoms with E-state index in [2.05, 4.69) is 35.9 Å². The molecule has 1 heterocycles. The molecule has 84 valence electrons. The Kier molecular flexibility index (Phi) is 4.40. The molecule has 3 nitrogen and oxygen atoms in total. The average molecular weight is 208 g/mol. The van der Waals surface area contributed by atoms with E-state index in [0.29, 0.717) is 6.42 Å². The van der Waals surface area contributed by atoms with Crippen molar-refractivity contribution in [3.05, 3.63) is 23.5 Å². The van der Waals surface area contributed by atoms with Gasteiger partial charge in [0.1, 0.15) is 0 Å². The average Bonchev–Trinajstić information content (AvgIpc) is 2.54. The lowest BCUT2D eigenvalue weighted by atomic mass is 10.3. The molecule has 0 radical (unpaired) electrons. The molecule has 0 aliphatic heterocycles. The molecule has 0 atom stereocenters. The predicted molar refractivity (Wildman–Crippen MR) is 61.8 cm³/mol. The van der Waals surface area contributed by atoms with E-state index in [1.165, 1.54) is 11.4 Å². The van der Waals surface area contributed by atoms with Crippen LogP contribution in [0.1, 0.15) is 31.2 Å². The van der Waals surface area contributed by atoms with Crippen molar-refractivity contribution in [2.75, 3.05) is 6.54 Å². The molecule has 1 aromatic rings. The number of nitrogens with zero attached hydrogens (tertiary/aromatic N) is 1. The van der Waals surface area contributed by atoms with Crippen LogP contribution in [-0.4, -0.2) is 17.0 Å². The molecule has 1 N–H and O–H groups in total. The van der Waals surface area contributed by atoms with Gasteiger partial charge in [-0.3, -0.25) is 4.79 Å². The molecule has 0 aromatic carbocycles. The Balaban J connectivity index is 2.29. The standard InChI is InChI=1S/C12H20N2O/c1-4-12(15)13-8-5-9-14-10(2)6-7-11(14)3/h6-7H,4-5,8-9H2,1-3H3,(H,13,15). The molecule has 0 saturated carbocycles. The Morgan fingerprint density at radius 1 is 1.33 bits per heavy atom. The second-order valence-electron chi connectivity index (χ2n) is 3.82. The Morgan fingerprint density at radius 2 is 1.93 bits per heavy atom. The van der Waals surface area contributed by atoms with E-state index >= 15 is 0 Å². The monoisotopic (exact) mass is 208 g/mol. The first-order valence-corrected chi connectivity index (χ1v) is 5.54. The summed E-state index contributed by atoms with van der Waals surface area (Å²) in [4.78, 5) is 11.0. The topological polar surface area (TPSA) is 34.0 Å². The summed E-state index contributed by atoms with van der Waals surface area (Å²) >= 11 is 0. The molecule has 1 amide bonds. The molecular weight excluding hydrogens is 188 g/mol. The molecule has 0 spiro atoms. The van der Waals surface area contributed by atoms with E-state index in [4.69, 9.17) is 0 Å². The SMILES string of the molecule is CCC(=O)NCCCn1c(C)ccc1C. The maximum absolute atomic E-state index is 11.0. The second kappa shape index (κ2) is 5.59. The van der Waals surface area contributed by atoms with Crippen LogP contribution in [0.3, 0.4) is 0 Å². The normalized spacial score (nSPS) is 10.3. The van der Waals surface area contributed by atoms with Crippen LogP contribution in [0.5, 0.6) is 0 Å². The van der Waals surface area contributed by atoms with Crippen LogP contribution >= 0.6 is 0 Å². The highest BCUT2D eigenvalue weighted by atomic mass is 16.1. The summed E-state index contributed by atoms with van der Waals surface area (Å²) in [6, 6.07) is 4.25. The highest BCUT2D eigenvalue weighted by Crippen LogP contribution is 2.07. The van der Waals surface area contributed by atoms with Crippen molar-refractivity contribution in [1.82, 2.24) is 9.88 Å². The number of hydrogen-bond acceptors (Lipinski definition) is 1. The Labute approximate surface area is 91.5 Å². The van der Waals surface area contributed by atoms with E-state index in [0.717, 1.165) is 19.5 Å². The fourth-order valence-corrected chi connectivity index (χ4v) is 1.64. The van der Waals surface area contributed by atoms with Crippen LogP contribution in [0.25, 0.3) is 0 Å². The molecule has 0 saturated heterocycles. The number of nitrogens with one attached hydrogen (secondary N) is 1. The third kappa shape index (κ3) is 3.42. The van der Waals surface area contributed by atoms with Crippen molar-refractivity contribution < 1.29 is 4.79 Å². The summed E-state index contributed by atoms with van der Waals surface area (Å²) in [7, 11) is 0. The van der Waals surface area contributed by atoms with Gasteiger partial charge in [0.2, 0.25) is 5.91 Å². The third-order valence-corrected chi connectivity index (χ3v) is 2.62. The summed E-state index contributed by atoms with van der Waals surface area (Å²) in [6.45, 7) is 7.84. The van der Waals surface area contributed by atoms with Crippen LogP contribution in [-0.2, 0) is 11.3 Å². The lowest BCUT2D eigenvalue weighted by Crippen LogP contribution is -2.24. The van der Waals surface area contributed by atoms with Gasteiger partial charge in [-0.2, -0.15) is 0 Å². The third-order valence-electron chi connectivity index (χ3n) is 2.62. The minimum Gasteiger partial charge on any atom is -0.356 e. The van der Waals surface area contributed by atoms with Crippen molar-refractivity contribution >= 4 is 5.91 Å². The number of carbonyl (C=O) groups excluding carboxylic acids is 1. The quantitative estimate of drug-likeness (QED) is 0.738. The van der Waals surface area contributed by atoms with Crippen molar-refractivity contribution in [2.45, 2.75) is 40.2 Å². The van der Waals surface area contributed by atoms with Gasteiger partial charge in [0.25, 0.3) is 0 Å². The number of amides is 1. The lowest BCUT2D eigenvalue weighted by Gasteiger charge is -2.09. The molecule has 1 rings (SSSR count). The van der Waals surface area contributed by atoms with Gasteiger partial charge in [0.05, 0.1) is 0 Å². The van der Waals surface area contributed by atoms with Crippen molar-refractivity contribution in [1.29, 1.82) is 0 Å². The highest BCUT2D eigenvalue weighted by Gasteiger charge is 2.00. The summed E-state index contributed by atoms with van der Waals surface area (Å²) in [5.74, 6) is 0.135. The number of aryl methyl sites for hydroxylation is 2. The zero-order chi connectivity index (χ0) is 11.3. The van der Waals surface area contributed by atoms with Gasteiger partial charge in [-0.25, -0.2) is 0 Å². The first kappa shape index (κ1) is 11.8. The van der Waals surface area contributed by atoms with E-state index in [9.17, 15) is 4.79 Å². The molecule has 0 unspecified atom stereocenters. The molecule has 3 heteroatoms. The summed E-state index contributed by atoms with van der Waals surface area (Å²) < 4.78 is 2.28. The van der Waals surface area contributed by atoms with Gasteiger partial charge >= 0.3 is 0 Å². The zero-order valence-electron chi connectivity index (χ0n) is 9.84. The number of carbonyl (C=O) groups is 1. The smallest absolute Gasteiger partial charge is 0.219 e. The maximum atomic E-state index is 11.0. The maximum Gasteiger partial charge on any atom is 0.219 e. The van der Waals surface area contributed by atoms with Crippen LogP contribution < -0.4 is 5.32 Å². The number of aromatic nitrogens is 1. The molecule has 0 aliphatic rings. The first-order chi connectivity index (χ1) is 7.15. The van der Waals surface area contributed by atoms with E-state index in [-0.39, 0.29) is 5.91 Å². The minimum absolute atomic E-state index is 0.135. The first-order valence-electron chi connectivity index (χ1n) is 5.54. The van der Waals surface area contributed by atoms with E-state index < -0.39 is 0 Å². The van der Waals surface area contributed by atoms with Gasteiger partial charge in [0.15, 0.2) is 0 Å².